The molecule has 0 aliphatic rings. The van der Waals surface area contributed by atoms with Crippen LogP contribution in [0, 0.1) is 11.7 Å². The van der Waals surface area contributed by atoms with Crippen LogP contribution in [0.25, 0.3) is 0 Å². The van der Waals surface area contributed by atoms with Crippen molar-refractivity contribution in [3.05, 3.63) is 29.6 Å². The smallest absolute Gasteiger partial charge is 0.169 e. The van der Waals surface area contributed by atoms with Gasteiger partial charge in [0.2, 0.25) is 0 Å². The van der Waals surface area contributed by atoms with E-state index in [0.29, 0.717) is 29.8 Å². The van der Waals surface area contributed by atoms with E-state index < -0.39 is 0 Å². The minimum absolute atomic E-state index is 0.263. The summed E-state index contributed by atoms with van der Waals surface area (Å²) < 4.78 is 18.8. The van der Waals surface area contributed by atoms with Crippen molar-refractivity contribution in [2.75, 3.05) is 7.11 Å². The van der Waals surface area contributed by atoms with Crippen molar-refractivity contribution in [2.24, 2.45) is 5.92 Å². The second-order valence-corrected chi connectivity index (χ2v) is 4.57. The minimum Gasteiger partial charge on any atom is -0.494 e. The predicted molar refractivity (Wildman–Crippen MR) is 68.7 cm³/mol. The second kappa shape index (κ2) is 6.60. The van der Waals surface area contributed by atoms with E-state index in [-0.39, 0.29) is 5.82 Å². The monoisotopic (exact) mass is 239 g/mol. The molecule has 0 fully saturated rings. The van der Waals surface area contributed by atoms with Crippen LogP contribution in [0.3, 0.4) is 0 Å². The van der Waals surface area contributed by atoms with Crippen molar-refractivity contribution < 1.29 is 9.13 Å². The lowest BCUT2D eigenvalue weighted by molar-refractivity contribution is 0.370. The molecule has 1 aromatic carbocycles. The third kappa shape index (κ3) is 3.70. The maximum atomic E-state index is 13.9. The van der Waals surface area contributed by atoms with Gasteiger partial charge in [-0.2, -0.15) is 0 Å². The Morgan fingerprint density at radius 3 is 2.59 bits per heavy atom. The Balaban J connectivity index is 2.69. The van der Waals surface area contributed by atoms with Crippen molar-refractivity contribution in [1.82, 2.24) is 5.32 Å². The number of hydrogen-bond acceptors (Lipinski definition) is 2. The van der Waals surface area contributed by atoms with Gasteiger partial charge in [0, 0.05) is 18.2 Å². The molecule has 0 saturated heterocycles. The summed E-state index contributed by atoms with van der Waals surface area (Å²) in [6.45, 7) is 7.02. The zero-order valence-electron chi connectivity index (χ0n) is 11.1. The molecule has 96 valence electrons. The molecular weight excluding hydrogens is 217 g/mol. The van der Waals surface area contributed by atoms with Crippen molar-refractivity contribution >= 4 is 0 Å². The molecule has 3 heteroatoms. The first-order valence-corrected chi connectivity index (χ1v) is 6.14. The van der Waals surface area contributed by atoms with Gasteiger partial charge in [0.15, 0.2) is 11.6 Å². The summed E-state index contributed by atoms with van der Waals surface area (Å²) in [6, 6.07) is 5.66. The molecule has 0 bridgehead atoms. The van der Waals surface area contributed by atoms with Gasteiger partial charge in [0.1, 0.15) is 0 Å². The van der Waals surface area contributed by atoms with Gasteiger partial charge in [-0.25, -0.2) is 4.39 Å². The fourth-order valence-electron chi connectivity index (χ4n) is 1.94. The van der Waals surface area contributed by atoms with Crippen molar-refractivity contribution in [2.45, 2.75) is 39.8 Å². The molecule has 1 N–H and O–H groups in total. The van der Waals surface area contributed by atoms with Crippen LogP contribution < -0.4 is 10.1 Å². The molecule has 0 aliphatic carbocycles. The highest BCUT2D eigenvalue weighted by atomic mass is 19.1. The average Bonchev–Trinajstić information content (AvgIpc) is 2.31. The van der Waals surface area contributed by atoms with Gasteiger partial charge in [-0.05, 0) is 18.4 Å². The highest BCUT2D eigenvalue weighted by Crippen LogP contribution is 2.20. The lowest BCUT2D eigenvalue weighted by Gasteiger charge is -2.21. The second-order valence-electron chi connectivity index (χ2n) is 4.57. The largest absolute Gasteiger partial charge is 0.494 e. The molecule has 2 nitrogen and oxygen atoms in total. The first-order valence-electron chi connectivity index (χ1n) is 6.14. The Hall–Kier alpha value is -1.09. The number of ether oxygens (including phenoxy) is 1. The van der Waals surface area contributed by atoms with Crippen LogP contribution in [-0.2, 0) is 6.54 Å². The summed E-state index contributed by atoms with van der Waals surface area (Å²) in [5.41, 5.74) is 0.656. The van der Waals surface area contributed by atoms with Gasteiger partial charge in [0.25, 0.3) is 0 Å². The standard InChI is InChI=1S/C14H22FNO/c1-5-12(10(2)3)16-9-11-7-6-8-13(17-4)14(11)15/h6-8,10,12,16H,5,9H2,1-4H3. The van der Waals surface area contributed by atoms with Gasteiger partial charge < -0.3 is 10.1 Å². The molecule has 0 amide bonds. The van der Waals surface area contributed by atoms with Gasteiger partial charge in [-0.1, -0.05) is 32.9 Å². The molecule has 0 radical (unpaired) electrons. The third-order valence-corrected chi connectivity index (χ3v) is 3.06. The Morgan fingerprint density at radius 1 is 1.35 bits per heavy atom. The van der Waals surface area contributed by atoms with E-state index in [4.69, 9.17) is 4.74 Å². The number of benzene rings is 1. The van der Waals surface area contributed by atoms with E-state index in [0.717, 1.165) is 6.42 Å². The summed E-state index contributed by atoms with van der Waals surface area (Å²) in [5, 5.41) is 3.38. The van der Waals surface area contributed by atoms with E-state index in [2.05, 4.69) is 26.1 Å². The first kappa shape index (κ1) is 14.0. The molecule has 0 spiro atoms. The highest BCUT2D eigenvalue weighted by molar-refractivity contribution is 5.30. The lowest BCUT2D eigenvalue weighted by Crippen LogP contribution is -2.32. The van der Waals surface area contributed by atoms with Crippen LogP contribution in [-0.4, -0.2) is 13.2 Å². The van der Waals surface area contributed by atoms with Crippen molar-refractivity contribution in [3.63, 3.8) is 0 Å². The fourth-order valence-corrected chi connectivity index (χ4v) is 1.94. The number of rotatable bonds is 6. The van der Waals surface area contributed by atoms with Gasteiger partial charge in [-0.3, -0.25) is 0 Å². The highest BCUT2D eigenvalue weighted by Gasteiger charge is 2.12. The van der Waals surface area contributed by atoms with Gasteiger partial charge in [-0.15, -0.1) is 0 Å². The summed E-state index contributed by atoms with van der Waals surface area (Å²) in [6.07, 6.45) is 1.04. The van der Waals surface area contributed by atoms with Crippen LogP contribution in [0.1, 0.15) is 32.8 Å². The summed E-state index contributed by atoms with van der Waals surface area (Å²) >= 11 is 0. The zero-order valence-corrected chi connectivity index (χ0v) is 11.1. The normalized spacial score (nSPS) is 12.8. The SMILES string of the molecule is CCC(NCc1cccc(OC)c1F)C(C)C. The van der Waals surface area contributed by atoms with Crippen molar-refractivity contribution in [1.29, 1.82) is 0 Å². The average molecular weight is 239 g/mol. The fraction of sp³-hybridized carbons (Fsp3) is 0.571. The zero-order chi connectivity index (χ0) is 12.8. The van der Waals surface area contributed by atoms with Crippen LogP contribution in [0.5, 0.6) is 5.75 Å². The molecule has 0 aliphatic heterocycles. The number of halogens is 1. The van der Waals surface area contributed by atoms with E-state index >= 15 is 0 Å². The molecule has 17 heavy (non-hydrogen) atoms. The van der Waals surface area contributed by atoms with E-state index in [9.17, 15) is 4.39 Å². The van der Waals surface area contributed by atoms with Crippen LogP contribution in [0.2, 0.25) is 0 Å². The van der Waals surface area contributed by atoms with Crippen LogP contribution in [0.4, 0.5) is 4.39 Å². The van der Waals surface area contributed by atoms with E-state index in [1.807, 2.05) is 6.07 Å². The molecule has 0 saturated carbocycles. The van der Waals surface area contributed by atoms with E-state index in [1.54, 1.807) is 12.1 Å². The van der Waals surface area contributed by atoms with Crippen molar-refractivity contribution in [3.8, 4) is 5.75 Å². The Morgan fingerprint density at radius 2 is 2.06 bits per heavy atom. The van der Waals surface area contributed by atoms with Gasteiger partial charge in [0.05, 0.1) is 7.11 Å². The molecule has 1 rings (SSSR count). The van der Waals surface area contributed by atoms with Crippen LogP contribution >= 0.6 is 0 Å². The topological polar surface area (TPSA) is 21.3 Å². The third-order valence-electron chi connectivity index (χ3n) is 3.06. The minimum atomic E-state index is -0.263. The number of methoxy groups -OCH3 is 1. The predicted octanol–water partition coefficient (Wildman–Crippen LogP) is 3.36. The van der Waals surface area contributed by atoms with Crippen LogP contribution in [0.15, 0.2) is 18.2 Å². The first-order chi connectivity index (χ1) is 8.10. The Labute approximate surface area is 103 Å². The summed E-state index contributed by atoms with van der Waals surface area (Å²) in [5.74, 6) is 0.594. The lowest BCUT2D eigenvalue weighted by atomic mass is 10.0. The Kier molecular flexibility index (Phi) is 5.42. The van der Waals surface area contributed by atoms with Gasteiger partial charge >= 0.3 is 0 Å². The molecular formula is C14H22FNO. The molecule has 0 heterocycles. The quantitative estimate of drug-likeness (QED) is 0.822. The number of nitrogens with one attached hydrogen (secondary N) is 1. The molecule has 1 unspecified atom stereocenters. The Bertz CT molecular complexity index is 352. The maximum Gasteiger partial charge on any atom is 0.169 e. The summed E-state index contributed by atoms with van der Waals surface area (Å²) in [4.78, 5) is 0. The van der Waals surface area contributed by atoms with E-state index in [1.165, 1.54) is 7.11 Å². The molecule has 0 aromatic heterocycles. The maximum absolute atomic E-state index is 13.9. The number of hydrogen-bond donors (Lipinski definition) is 1. The molecule has 1 atom stereocenters. The summed E-state index contributed by atoms with van der Waals surface area (Å²) in [7, 11) is 1.48. The molecule has 1 aromatic rings.